The molecule has 2 aromatic heterocycles. The molecule has 4 rings (SSSR count). The molecule has 36 heavy (non-hydrogen) atoms. The lowest BCUT2D eigenvalue weighted by Crippen LogP contribution is -2.32. The Morgan fingerprint density at radius 1 is 0.778 bits per heavy atom. The van der Waals surface area contributed by atoms with Crippen molar-refractivity contribution in [3.63, 3.8) is 0 Å². The van der Waals surface area contributed by atoms with Crippen LogP contribution in [0.4, 0.5) is 4.39 Å². The lowest BCUT2D eigenvalue weighted by molar-refractivity contribution is 0.591. The summed E-state index contributed by atoms with van der Waals surface area (Å²) in [4.78, 5) is 9.29. The second-order valence-corrected chi connectivity index (χ2v) is 16.1. The molecule has 0 aliphatic heterocycles. The van der Waals surface area contributed by atoms with Crippen molar-refractivity contribution >= 4 is 65.6 Å². The van der Waals surface area contributed by atoms with Crippen molar-refractivity contribution in [2.45, 2.75) is 77.9 Å². The van der Waals surface area contributed by atoms with Crippen molar-refractivity contribution in [1.82, 2.24) is 14.7 Å². The van der Waals surface area contributed by atoms with E-state index in [9.17, 15) is 4.21 Å². The summed E-state index contributed by atoms with van der Waals surface area (Å²) >= 11 is 2.69. The fourth-order valence-electron chi connectivity index (χ4n) is 3.52. The lowest BCUT2D eigenvalue weighted by Gasteiger charge is -2.19. The van der Waals surface area contributed by atoms with Gasteiger partial charge in [-0.3, -0.25) is 4.72 Å². The third-order valence-electron chi connectivity index (χ3n) is 5.88. The first kappa shape index (κ1) is 26.9. The molecule has 2 heterocycles. The molecule has 2 aromatic carbocycles. The average molecular weight is 544 g/mol. The summed E-state index contributed by atoms with van der Waals surface area (Å²) in [6, 6.07) is 12.2. The van der Waals surface area contributed by atoms with Crippen LogP contribution in [-0.2, 0) is 21.8 Å². The number of fused-ring (bicyclic) bond motifs is 2. The molecule has 0 saturated heterocycles. The first-order chi connectivity index (χ1) is 16.5. The van der Waals surface area contributed by atoms with Crippen molar-refractivity contribution in [3.8, 4) is 0 Å². The zero-order chi connectivity index (χ0) is 26.6. The first-order valence-electron chi connectivity index (χ1n) is 12.0. The highest BCUT2D eigenvalue weighted by atomic mass is 32.2. The average Bonchev–Trinajstić information content (AvgIpc) is 3.37. The van der Waals surface area contributed by atoms with Crippen LogP contribution in [-0.4, -0.2) is 18.9 Å². The van der Waals surface area contributed by atoms with Crippen LogP contribution in [0.15, 0.2) is 36.4 Å². The molecule has 0 fully saturated rings. The number of nitrogens with zero attached hydrogens (tertiary/aromatic N) is 2. The van der Waals surface area contributed by atoms with Crippen LogP contribution in [0.2, 0.25) is 0 Å². The van der Waals surface area contributed by atoms with E-state index in [2.05, 4.69) is 69.4 Å². The summed E-state index contributed by atoms with van der Waals surface area (Å²) in [5.41, 5.74) is 3.98. The van der Waals surface area contributed by atoms with Crippen molar-refractivity contribution in [2.24, 2.45) is 0 Å². The molecular weight excluding hydrogens is 510 g/mol. The van der Waals surface area contributed by atoms with Gasteiger partial charge in [-0.05, 0) is 67.0 Å². The topological polar surface area (TPSA) is 54.9 Å². The highest BCUT2D eigenvalue weighted by Crippen LogP contribution is 2.37. The fourth-order valence-corrected chi connectivity index (χ4v) is 6.21. The molecular formula is C28H34FN3OS3. The molecule has 0 aliphatic rings. The minimum absolute atomic E-state index is 0.0128. The van der Waals surface area contributed by atoms with Gasteiger partial charge in [-0.1, -0.05) is 53.7 Å². The fraction of sp³-hybridized carbons (Fsp3) is 0.429. The zero-order valence-corrected chi connectivity index (χ0v) is 24.8. The molecule has 4 aromatic rings. The quantitative estimate of drug-likeness (QED) is 0.281. The van der Waals surface area contributed by atoms with Gasteiger partial charge in [-0.15, -0.1) is 22.7 Å². The van der Waals surface area contributed by atoms with Crippen LogP contribution >= 0.6 is 22.7 Å². The summed E-state index contributed by atoms with van der Waals surface area (Å²) in [6.45, 7) is 18.5. The van der Waals surface area contributed by atoms with Crippen LogP contribution in [0.3, 0.4) is 0 Å². The monoisotopic (exact) mass is 543 g/mol. The van der Waals surface area contributed by atoms with E-state index in [1.165, 1.54) is 33.8 Å². The van der Waals surface area contributed by atoms with Gasteiger partial charge in [0.2, 0.25) is 0 Å². The molecule has 1 N–H and O–H groups in total. The predicted octanol–water partition coefficient (Wildman–Crippen LogP) is 8.35. The first-order valence-corrected chi connectivity index (χ1v) is 14.7. The maximum atomic E-state index is 16.2. The van der Waals surface area contributed by atoms with Crippen molar-refractivity contribution in [1.29, 1.82) is 0 Å². The van der Waals surface area contributed by atoms with Crippen LogP contribution in [0.5, 0.6) is 0 Å². The normalized spacial score (nSPS) is 14.8. The number of halogens is 1. The highest BCUT2D eigenvalue weighted by Gasteiger charge is 2.27. The number of hydrogen-bond acceptors (Lipinski definition) is 5. The summed E-state index contributed by atoms with van der Waals surface area (Å²) in [5, 5.41) is 0.708. The van der Waals surface area contributed by atoms with E-state index < -0.39 is 21.6 Å². The van der Waals surface area contributed by atoms with Crippen LogP contribution < -0.4 is 4.72 Å². The van der Waals surface area contributed by atoms with Gasteiger partial charge in [0.1, 0.15) is 21.7 Å². The molecule has 1 unspecified atom stereocenters. The number of rotatable bonds is 4. The Hall–Kier alpha value is -2.16. The molecule has 4 nitrogen and oxygen atoms in total. The molecule has 0 radical (unpaired) electrons. The molecule has 0 saturated carbocycles. The van der Waals surface area contributed by atoms with Gasteiger partial charge in [-0.2, -0.15) is 0 Å². The molecule has 0 spiro atoms. The van der Waals surface area contributed by atoms with E-state index in [1.807, 2.05) is 39.0 Å². The van der Waals surface area contributed by atoms with E-state index in [0.717, 1.165) is 20.4 Å². The van der Waals surface area contributed by atoms with Crippen LogP contribution in [0, 0.1) is 0 Å². The van der Waals surface area contributed by atoms with Crippen LogP contribution in [0.1, 0.15) is 83.5 Å². The molecule has 1 atom stereocenters. The molecule has 8 heteroatoms. The Balaban J connectivity index is 1.87. The Kier molecular flexibility index (Phi) is 6.94. The summed E-state index contributed by atoms with van der Waals surface area (Å²) in [5.74, 6) is -0.541. The Morgan fingerprint density at radius 3 is 1.67 bits per heavy atom. The van der Waals surface area contributed by atoms with E-state index in [4.69, 9.17) is 4.98 Å². The molecule has 192 valence electrons. The lowest BCUT2D eigenvalue weighted by atomic mass is 9.87. The van der Waals surface area contributed by atoms with Gasteiger partial charge in [0.05, 0.1) is 25.2 Å². The van der Waals surface area contributed by atoms with E-state index in [1.54, 1.807) is 0 Å². The van der Waals surface area contributed by atoms with Gasteiger partial charge in [0.25, 0.3) is 0 Å². The Labute approximate surface area is 223 Å². The predicted molar refractivity (Wildman–Crippen MR) is 156 cm³/mol. The maximum absolute atomic E-state index is 16.2. The number of nitrogens with one attached hydrogen (secondary N) is 1. The van der Waals surface area contributed by atoms with E-state index in [-0.39, 0.29) is 21.5 Å². The summed E-state index contributed by atoms with van der Waals surface area (Å²) in [7, 11) is -1.54. The number of aromatic nitrogens is 2. The SMILES string of the molecule is CC(C)(C)c1ccc2nc(/C(F)=C(\NS(=O)C(C)(C)C)c3nc4ccc(C(C)(C)C)cc4s3)sc2c1. The minimum Gasteiger partial charge on any atom is -0.299 e. The highest BCUT2D eigenvalue weighted by molar-refractivity contribution is 7.84. The largest absolute Gasteiger partial charge is 0.299 e. The van der Waals surface area contributed by atoms with Gasteiger partial charge in [-0.25, -0.2) is 18.6 Å². The number of benzene rings is 2. The Morgan fingerprint density at radius 2 is 1.22 bits per heavy atom. The van der Waals surface area contributed by atoms with Crippen molar-refractivity contribution < 1.29 is 8.60 Å². The smallest absolute Gasteiger partial charge is 0.186 e. The molecule has 0 aliphatic carbocycles. The van der Waals surface area contributed by atoms with Gasteiger partial charge >= 0.3 is 0 Å². The maximum Gasteiger partial charge on any atom is 0.186 e. The zero-order valence-electron chi connectivity index (χ0n) is 22.4. The summed E-state index contributed by atoms with van der Waals surface area (Å²) < 4.78 is 33.5. The molecule has 0 amide bonds. The molecule has 0 bridgehead atoms. The Bertz CT molecular complexity index is 1490. The standard InChI is InChI=1S/C28H34FN3OS3/c1-26(2,3)16-10-12-18-20(14-16)34-24(30-18)22(29)23(32-36(33)28(7,8)9)25-31-19-13-11-17(27(4,5)6)15-21(19)35-25/h10-15,32H,1-9H3/b23-22+. The van der Waals surface area contributed by atoms with Gasteiger partial charge in [0, 0.05) is 0 Å². The van der Waals surface area contributed by atoms with Crippen LogP contribution in [0.25, 0.3) is 32.0 Å². The second kappa shape index (κ2) is 9.30. The number of hydrogen-bond donors (Lipinski definition) is 1. The van der Waals surface area contributed by atoms with Gasteiger partial charge < -0.3 is 0 Å². The minimum atomic E-state index is -1.54. The second-order valence-electron chi connectivity index (χ2n) is 12.1. The third-order valence-corrected chi connectivity index (χ3v) is 9.43. The van der Waals surface area contributed by atoms with Gasteiger partial charge in [0.15, 0.2) is 10.8 Å². The third kappa shape index (κ3) is 5.55. The number of thiazole rings is 2. The summed E-state index contributed by atoms with van der Waals surface area (Å²) in [6.07, 6.45) is 0. The van der Waals surface area contributed by atoms with Crippen molar-refractivity contribution in [3.05, 3.63) is 57.5 Å². The van der Waals surface area contributed by atoms with Crippen molar-refractivity contribution in [2.75, 3.05) is 0 Å². The van der Waals surface area contributed by atoms with E-state index in [0.29, 0.717) is 5.01 Å². The van der Waals surface area contributed by atoms with E-state index >= 15 is 4.39 Å².